The van der Waals surface area contributed by atoms with Crippen molar-refractivity contribution in [3.63, 3.8) is 0 Å². The molecule has 0 aliphatic carbocycles. The standard InChI is InChI=1S/C13H23N3O2/c14-13(18)16-9-5-6-11(10-16)12(17)15-7-3-1-2-4-8-15/h11H,1-10H2,(H2,14,18). The first-order chi connectivity index (χ1) is 8.68. The number of piperidine rings is 1. The molecule has 2 N–H and O–H groups in total. The van der Waals surface area contributed by atoms with Crippen molar-refractivity contribution in [3.05, 3.63) is 0 Å². The maximum absolute atomic E-state index is 12.4. The van der Waals surface area contributed by atoms with Crippen LogP contribution in [0.2, 0.25) is 0 Å². The van der Waals surface area contributed by atoms with Gasteiger partial charge in [-0.15, -0.1) is 0 Å². The molecule has 2 saturated heterocycles. The number of hydrogen-bond donors (Lipinski definition) is 1. The Kier molecular flexibility index (Phi) is 4.44. The van der Waals surface area contributed by atoms with Crippen molar-refractivity contribution in [2.24, 2.45) is 11.7 Å². The molecule has 2 rings (SSSR count). The van der Waals surface area contributed by atoms with E-state index < -0.39 is 6.03 Å². The average molecular weight is 253 g/mol. The molecule has 5 heteroatoms. The molecule has 0 bridgehead atoms. The number of urea groups is 1. The van der Waals surface area contributed by atoms with Crippen LogP contribution in [0.5, 0.6) is 0 Å². The Morgan fingerprint density at radius 1 is 0.889 bits per heavy atom. The summed E-state index contributed by atoms with van der Waals surface area (Å²) >= 11 is 0. The Morgan fingerprint density at radius 2 is 1.50 bits per heavy atom. The lowest BCUT2D eigenvalue weighted by Gasteiger charge is -2.33. The molecular weight excluding hydrogens is 230 g/mol. The van der Waals surface area contributed by atoms with Crippen LogP contribution in [-0.2, 0) is 4.79 Å². The molecule has 0 aromatic carbocycles. The summed E-state index contributed by atoms with van der Waals surface area (Å²) in [6.07, 6.45) is 6.44. The summed E-state index contributed by atoms with van der Waals surface area (Å²) in [5, 5.41) is 0. The number of amides is 3. The molecule has 0 spiro atoms. The van der Waals surface area contributed by atoms with E-state index in [9.17, 15) is 9.59 Å². The summed E-state index contributed by atoms with van der Waals surface area (Å²) in [5.41, 5.74) is 5.30. The fourth-order valence-electron chi connectivity index (χ4n) is 2.93. The maximum atomic E-state index is 12.4. The predicted molar refractivity (Wildman–Crippen MR) is 68.9 cm³/mol. The SMILES string of the molecule is NC(=O)N1CCCC(C(=O)N2CCCCCC2)C1. The molecule has 0 aromatic heterocycles. The molecule has 0 saturated carbocycles. The second-order valence-electron chi connectivity index (χ2n) is 5.36. The van der Waals surface area contributed by atoms with Crippen LogP contribution in [0.4, 0.5) is 4.79 Å². The van der Waals surface area contributed by atoms with Crippen molar-refractivity contribution >= 4 is 11.9 Å². The van der Waals surface area contributed by atoms with Gasteiger partial charge in [0.25, 0.3) is 0 Å². The number of rotatable bonds is 1. The number of likely N-dealkylation sites (tertiary alicyclic amines) is 2. The molecule has 18 heavy (non-hydrogen) atoms. The van der Waals surface area contributed by atoms with Gasteiger partial charge in [-0.25, -0.2) is 4.79 Å². The Hall–Kier alpha value is -1.26. The molecule has 0 radical (unpaired) electrons. The first kappa shape index (κ1) is 13.2. The molecule has 2 fully saturated rings. The van der Waals surface area contributed by atoms with Crippen molar-refractivity contribution in [1.29, 1.82) is 0 Å². The number of primary amides is 1. The Bertz CT molecular complexity index is 311. The van der Waals surface area contributed by atoms with Crippen molar-refractivity contribution in [2.75, 3.05) is 26.2 Å². The smallest absolute Gasteiger partial charge is 0.314 e. The highest BCUT2D eigenvalue weighted by molar-refractivity contribution is 5.80. The molecule has 102 valence electrons. The average Bonchev–Trinajstić information content (AvgIpc) is 2.67. The number of carbonyl (C=O) groups excluding carboxylic acids is 2. The largest absolute Gasteiger partial charge is 0.351 e. The van der Waals surface area contributed by atoms with Crippen LogP contribution < -0.4 is 5.73 Å². The lowest BCUT2D eigenvalue weighted by atomic mass is 9.96. The van der Waals surface area contributed by atoms with Crippen LogP contribution in [0.15, 0.2) is 0 Å². The van der Waals surface area contributed by atoms with E-state index in [0.717, 1.165) is 38.8 Å². The lowest BCUT2D eigenvalue weighted by Crippen LogP contribution is -2.48. The van der Waals surface area contributed by atoms with E-state index in [1.54, 1.807) is 4.90 Å². The summed E-state index contributed by atoms with van der Waals surface area (Å²) in [7, 11) is 0. The molecule has 2 aliphatic heterocycles. The summed E-state index contributed by atoms with van der Waals surface area (Å²) in [4.78, 5) is 27.2. The van der Waals surface area contributed by atoms with Crippen molar-refractivity contribution in [1.82, 2.24) is 9.80 Å². The van der Waals surface area contributed by atoms with Gasteiger partial charge in [0.15, 0.2) is 0 Å². The molecular formula is C13H23N3O2. The van der Waals surface area contributed by atoms with E-state index in [2.05, 4.69) is 0 Å². The van der Waals surface area contributed by atoms with E-state index in [1.807, 2.05) is 4.90 Å². The molecule has 2 aliphatic rings. The molecule has 5 nitrogen and oxygen atoms in total. The topological polar surface area (TPSA) is 66.6 Å². The second-order valence-corrected chi connectivity index (χ2v) is 5.36. The Balaban J connectivity index is 1.92. The van der Waals surface area contributed by atoms with Gasteiger partial charge in [0, 0.05) is 26.2 Å². The molecule has 2 heterocycles. The number of nitrogens with zero attached hydrogens (tertiary/aromatic N) is 2. The van der Waals surface area contributed by atoms with Gasteiger partial charge >= 0.3 is 6.03 Å². The van der Waals surface area contributed by atoms with Gasteiger partial charge in [-0.1, -0.05) is 12.8 Å². The van der Waals surface area contributed by atoms with Crippen LogP contribution in [0.3, 0.4) is 0 Å². The highest BCUT2D eigenvalue weighted by Crippen LogP contribution is 2.20. The molecule has 1 unspecified atom stereocenters. The Labute approximate surface area is 108 Å². The quantitative estimate of drug-likeness (QED) is 0.762. The van der Waals surface area contributed by atoms with Gasteiger partial charge in [0.05, 0.1) is 5.92 Å². The van der Waals surface area contributed by atoms with Crippen molar-refractivity contribution < 1.29 is 9.59 Å². The third-order valence-electron chi connectivity index (χ3n) is 4.00. The fourth-order valence-corrected chi connectivity index (χ4v) is 2.93. The fraction of sp³-hybridized carbons (Fsp3) is 0.846. The van der Waals surface area contributed by atoms with Crippen LogP contribution in [0.1, 0.15) is 38.5 Å². The second kappa shape index (κ2) is 6.07. The van der Waals surface area contributed by atoms with Gasteiger partial charge in [0.2, 0.25) is 5.91 Å². The number of hydrogen-bond acceptors (Lipinski definition) is 2. The van der Waals surface area contributed by atoms with E-state index >= 15 is 0 Å². The van der Waals surface area contributed by atoms with Gasteiger partial charge < -0.3 is 15.5 Å². The summed E-state index contributed by atoms with van der Waals surface area (Å²) in [6.45, 7) is 2.96. The molecule has 1 atom stereocenters. The zero-order chi connectivity index (χ0) is 13.0. The minimum atomic E-state index is -0.400. The zero-order valence-corrected chi connectivity index (χ0v) is 10.9. The van der Waals surface area contributed by atoms with E-state index in [0.29, 0.717) is 13.1 Å². The minimum Gasteiger partial charge on any atom is -0.351 e. The summed E-state index contributed by atoms with van der Waals surface area (Å²) in [6, 6.07) is -0.400. The first-order valence-electron chi connectivity index (χ1n) is 7.01. The number of carbonyl (C=O) groups is 2. The first-order valence-corrected chi connectivity index (χ1v) is 7.01. The normalized spacial score (nSPS) is 25.7. The van der Waals surface area contributed by atoms with Gasteiger partial charge in [-0.05, 0) is 25.7 Å². The minimum absolute atomic E-state index is 0.0376. The Morgan fingerprint density at radius 3 is 2.11 bits per heavy atom. The van der Waals surface area contributed by atoms with Crippen LogP contribution in [0.25, 0.3) is 0 Å². The van der Waals surface area contributed by atoms with Gasteiger partial charge in [0.1, 0.15) is 0 Å². The van der Waals surface area contributed by atoms with Crippen molar-refractivity contribution in [3.8, 4) is 0 Å². The lowest BCUT2D eigenvalue weighted by molar-refractivity contribution is -0.136. The van der Waals surface area contributed by atoms with Crippen molar-refractivity contribution in [2.45, 2.75) is 38.5 Å². The van der Waals surface area contributed by atoms with E-state index in [1.165, 1.54) is 12.8 Å². The van der Waals surface area contributed by atoms with E-state index in [-0.39, 0.29) is 11.8 Å². The molecule has 3 amide bonds. The monoisotopic (exact) mass is 253 g/mol. The maximum Gasteiger partial charge on any atom is 0.314 e. The van der Waals surface area contributed by atoms with Gasteiger partial charge in [-0.3, -0.25) is 4.79 Å². The van der Waals surface area contributed by atoms with Crippen LogP contribution >= 0.6 is 0 Å². The van der Waals surface area contributed by atoms with E-state index in [4.69, 9.17) is 5.73 Å². The number of nitrogens with two attached hydrogens (primary N) is 1. The highest BCUT2D eigenvalue weighted by Gasteiger charge is 2.30. The highest BCUT2D eigenvalue weighted by atomic mass is 16.2. The molecule has 0 aromatic rings. The summed E-state index contributed by atoms with van der Waals surface area (Å²) < 4.78 is 0. The summed E-state index contributed by atoms with van der Waals surface area (Å²) in [5.74, 6) is 0.187. The van der Waals surface area contributed by atoms with Crippen LogP contribution in [0, 0.1) is 5.92 Å². The third kappa shape index (κ3) is 3.15. The van der Waals surface area contributed by atoms with Crippen LogP contribution in [-0.4, -0.2) is 47.9 Å². The predicted octanol–water partition coefficient (Wildman–Crippen LogP) is 1.18. The zero-order valence-electron chi connectivity index (χ0n) is 10.9. The third-order valence-corrected chi connectivity index (χ3v) is 4.00. The van der Waals surface area contributed by atoms with Gasteiger partial charge in [-0.2, -0.15) is 0 Å².